The second kappa shape index (κ2) is 46.1. The third-order valence-electron chi connectivity index (χ3n) is 11.0. The molecule has 0 aromatic heterocycles. The van der Waals surface area contributed by atoms with Gasteiger partial charge in [-0.3, -0.25) is 9.59 Å². The van der Waals surface area contributed by atoms with Crippen molar-refractivity contribution in [2.75, 3.05) is 41.0 Å². The van der Waals surface area contributed by atoms with Crippen LogP contribution in [0.3, 0.4) is 0 Å². The van der Waals surface area contributed by atoms with Crippen molar-refractivity contribution in [2.24, 2.45) is 0 Å². The lowest BCUT2D eigenvalue weighted by molar-refractivity contribution is -0.887. The molecule has 0 saturated heterocycles. The Balaban J connectivity index is 4.30. The molecule has 1 N–H and O–H groups in total. The summed E-state index contributed by atoms with van der Waals surface area (Å²) in [6, 6.07) is -0.627. The molecule has 2 unspecified atom stereocenters. The van der Waals surface area contributed by atoms with E-state index in [0.717, 1.165) is 64.2 Å². The first-order chi connectivity index (χ1) is 31.1. The number of esters is 2. The van der Waals surface area contributed by atoms with E-state index in [9.17, 15) is 19.5 Å². The third-order valence-corrected chi connectivity index (χ3v) is 11.0. The quantitative estimate of drug-likeness (QED) is 0.0281. The van der Waals surface area contributed by atoms with E-state index >= 15 is 0 Å². The van der Waals surface area contributed by atoms with E-state index < -0.39 is 18.1 Å². The maximum atomic E-state index is 12.8. The number of carboxylic acids is 1. The zero-order valence-electron chi connectivity index (χ0n) is 41.7. The van der Waals surface area contributed by atoms with Crippen LogP contribution in [0.5, 0.6) is 0 Å². The number of nitrogens with zero attached hydrogens (tertiary/aromatic N) is 1. The highest BCUT2D eigenvalue weighted by Crippen LogP contribution is 2.15. The monoisotopic (exact) mass is 895 g/mol. The van der Waals surface area contributed by atoms with Gasteiger partial charge in [-0.15, -0.1) is 0 Å². The van der Waals surface area contributed by atoms with E-state index in [2.05, 4.69) is 98.9 Å². The molecule has 0 amide bonds. The highest BCUT2D eigenvalue weighted by molar-refractivity contribution is 5.72. The number of ether oxygens (including phenoxy) is 3. The largest absolute Gasteiger partial charge is 0.477 e. The van der Waals surface area contributed by atoms with Crippen LogP contribution in [0.2, 0.25) is 0 Å². The second-order valence-electron chi connectivity index (χ2n) is 18.0. The first-order valence-electron chi connectivity index (χ1n) is 25.6. The molecule has 0 aliphatic rings. The summed E-state index contributed by atoms with van der Waals surface area (Å²) < 4.78 is 17.3. The topological polar surface area (TPSA) is 99.1 Å². The molecule has 0 rings (SSSR count). The summed E-state index contributed by atoms with van der Waals surface area (Å²) in [6.07, 6.45) is 60.7. The maximum Gasteiger partial charge on any atom is 0.362 e. The second-order valence-corrected chi connectivity index (χ2v) is 18.0. The molecule has 366 valence electrons. The molecule has 0 aliphatic heterocycles. The Kier molecular flexibility index (Phi) is 43.5. The normalized spacial score (nSPS) is 13.6. The average molecular weight is 895 g/mol. The number of allylic oxidation sites excluding steroid dienone is 14. The van der Waals surface area contributed by atoms with Crippen LogP contribution in [0.15, 0.2) is 85.1 Å². The van der Waals surface area contributed by atoms with E-state index in [1.165, 1.54) is 96.3 Å². The minimum Gasteiger partial charge on any atom is -0.477 e. The zero-order valence-corrected chi connectivity index (χ0v) is 41.7. The van der Waals surface area contributed by atoms with E-state index in [1.54, 1.807) is 0 Å². The lowest BCUT2D eigenvalue weighted by Crippen LogP contribution is -2.50. The zero-order chi connectivity index (χ0) is 47.0. The van der Waals surface area contributed by atoms with E-state index in [4.69, 9.17) is 14.2 Å². The first-order valence-corrected chi connectivity index (χ1v) is 25.6. The minimum absolute atomic E-state index is 0.0401. The molecule has 0 radical (unpaired) electrons. The fourth-order valence-electron chi connectivity index (χ4n) is 7.10. The van der Waals surface area contributed by atoms with Crippen molar-refractivity contribution in [1.29, 1.82) is 0 Å². The molecule has 0 fully saturated rings. The van der Waals surface area contributed by atoms with Crippen LogP contribution in [-0.4, -0.2) is 80.6 Å². The van der Waals surface area contributed by atoms with Crippen LogP contribution in [0.25, 0.3) is 0 Å². The number of carbonyl (C=O) groups is 3. The summed E-state index contributed by atoms with van der Waals surface area (Å²) in [5.41, 5.74) is 0. The van der Waals surface area contributed by atoms with Crippen LogP contribution in [-0.2, 0) is 28.6 Å². The summed E-state index contributed by atoms with van der Waals surface area (Å²) in [7, 11) is 5.51. The predicted octanol–water partition coefficient (Wildman–Crippen LogP) is 14.9. The summed E-state index contributed by atoms with van der Waals surface area (Å²) in [5.74, 6) is -1.54. The molecule has 8 nitrogen and oxygen atoms in total. The molecule has 0 saturated carbocycles. The summed E-state index contributed by atoms with van der Waals surface area (Å²) in [6.45, 7) is 4.54. The van der Waals surface area contributed by atoms with E-state index in [0.29, 0.717) is 19.3 Å². The molecule has 64 heavy (non-hydrogen) atoms. The highest BCUT2D eigenvalue weighted by atomic mass is 16.6. The van der Waals surface area contributed by atoms with Crippen LogP contribution in [0, 0.1) is 0 Å². The molecule has 0 bridgehead atoms. The van der Waals surface area contributed by atoms with Gasteiger partial charge in [0.2, 0.25) is 0 Å². The van der Waals surface area contributed by atoms with Crippen LogP contribution >= 0.6 is 0 Å². The van der Waals surface area contributed by atoms with Gasteiger partial charge in [0.1, 0.15) is 6.61 Å². The highest BCUT2D eigenvalue weighted by Gasteiger charge is 2.31. The van der Waals surface area contributed by atoms with Gasteiger partial charge in [0.15, 0.2) is 12.1 Å². The Hall–Kier alpha value is -3.49. The molecule has 8 heteroatoms. The number of carbonyl (C=O) groups excluding carboxylic acids is 2. The van der Waals surface area contributed by atoms with Gasteiger partial charge in [-0.1, -0.05) is 182 Å². The fraction of sp³-hybridized carbons (Fsp3) is 0.696. The maximum absolute atomic E-state index is 12.8. The van der Waals surface area contributed by atoms with Crippen molar-refractivity contribution < 1.29 is 38.2 Å². The summed E-state index contributed by atoms with van der Waals surface area (Å²) in [5, 5.41) is 9.65. The molecular weight excluding hydrogens is 799 g/mol. The Morgan fingerprint density at radius 1 is 0.484 bits per heavy atom. The number of unbranched alkanes of at least 4 members (excludes halogenated alkanes) is 17. The Bertz CT molecular complexity index is 1320. The molecular formula is C56H96NO7+. The van der Waals surface area contributed by atoms with Gasteiger partial charge in [-0.2, -0.15) is 0 Å². The Morgan fingerprint density at radius 3 is 1.34 bits per heavy atom. The van der Waals surface area contributed by atoms with Crippen molar-refractivity contribution >= 4 is 17.9 Å². The van der Waals surface area contributed by atoms with Crippen molar-refractivity contribution in [1.82, 2.24) is 0 Å². The molecule has 0 heterocycles. The van der Waals surface area contributed by atoms with Gasteiger partial charge in [0, 0.05) is 19.3 Å². The average Bonchev–Trinajstić information content (AvgIpc) is 3.26. The molecule has 0 aromatic rings. The molecule has 0 aliphatic carbocycles. The summed E-state index contributed by atoms with van der Waals surface area (Å²) >= 11 is 0. The predicted molar refractivity (Wildman–Crippen MR) is 270 cm³/mol. The van der Waals surface area contributed by atoms with E-state index in [1.807, 2.05) is 21.1 Å². The van der Waals surface area contributed by atoms with Crippen LogP contribution in [0.1, 0.15) is 200 Å². The van der Waals surface area contributed by atoms with E-state index in [-0.39, 0.29) is 42.7 Å². The SMILES string of the molecule is CC/C=C/C/C=C/C/C=C/CCCCCCCCCCCCCCCC(=O)OC(COCCC(C(=O)O)[N+](C)(C)C)COC(=O)CCC/C=C/C/C=C/C/C=C/C/C=C/CCCCC. The van der Waals surface area contributed by atoms with Crippen molar-refractivity contribution in [3.05, 3.63) is 85.1 Å². The smallest absolute Gasteiger partial charge is 0.362 e. The Labute approximate surface area is 393 Å². The number of hydrogen-bond donors (Lipinski definition) is 1. The number of aliphatic carboxylic acids is 1. The van der Waals surface area contributed by atoms with Crippen molar-refractivity contribution in [3.63, 3.8) is 0 Å². The number of carboxylic acid groups (broad SMARTS) is 1. The van der Waals surface area contributed by atoms with Gasteiger partial charge in [0.05, 0.1) is 34.4 Å². The fourth-order valence-corrected chi connectivity index (χ4v) is 7.10. The lowest BCUT2D eigenvalue weighted by atomic mass is 10.0. The van der Waals surface area contributed by atoms with Crippen molar-refractivity contribution in [2.45, 2.75) is 212 Å². The third kappa shape index (κ3) is 43.7. The Morgan fingerprint density at radius 2 is 0.891 bits per heavy atom. The standard InChI is InChI=1S/C56H95NO7/c1-6-8-10-12-14-16-18-20-22-24-25-26-27-28-29-31-33-35-37-39-41-43-45-47-55(59)64-52(50-62-49-48-53(56(60)61)57(3,4)5)51-63-54(58)46-44-42-40-38-36-34-32-30-23-21-19-17-15-13-11-9-7-2/h8,10,14-17,20-23,32,34,38,40,52-53H,6-7,9,11-13,18-19,24-31,33,35-37,39,41-51H2,1-5H3/p+1/b10-8+,16-14+,17-15+,22-20+,23-21+,34-32+,40-38+. The molecule has 2 atom stereocenters. The minimum atomic E-state index is -0.884. The van der Waals surface area contributed by atoms with Gasteiger partial charge in [0.25, 0.3) is 0 Å². The molecule has 0 spiro atoms. The number of rotatable bonds is 45. The van der Waals surface area contributed by atoms with Gasteiger partial charge in [-0.25, -0.2) is 4.79 Å². The lowest BCUT2D eigenvalue weighted by Gasteiger charge is -2.31. The summed E-state index contributed by atoms with van der Waals surface area (Å²) in [4.78, 5) is 37.1. The van der Waals surface area contributed by atoms with Gasteiger partial charge >= 0.3 is 17.9 Å². The number of hydrogen-bond acceptors (Lipinski definition) is 6. The molecule has 0 aromatic carbocycles. The van der Waals surface area contributed by atoms with Crippen molar-refractivity contribution in [3.8, 4) is 0 Å². The van der Waals surface area contributed by atoms with Crippen LogP contribution in [0.4, 0.5) is 0 Å². The van der Waals surface area contributed by atoms with Crippen LogP contribution < -0.4 is 0 Å². The first kappa shape index (κ1) is 60.5. The van der Waals surface area contributed by atoms with Gasteiger partial charge in [-0.05, 0) is 83.5 Å². The van der Waals surface area contributed by atoms with Gasteiger partial charge < -0.3 is 23.8 Å². The number of quaternary nitrogens is 1. The number of likely N-dealkylation sites (N-methyl/N-ethyl adjacent to an activating group) is 1.